The van der Waals surface area contributed by atoms with Crippen LogP contribution in [0.2, 0.25) is 0 Å². The Morgan fingerprint density at radius 3 is 2.79 bits per heavy atom. The number of halogens is 1. The van der Waals surface area contributed by atoms with Gasteiger partial charge in [0.2, 0.25) is 0 Å². The molecule has 0 aliphatic heterocycles. The number of rotatable bonds is 5. The van der Waals surface area contributed by atoms with E-state index in [1.807, 2.05) is 37.3 Å². The highest BCUT2D eigenvalue weighted by molar-refractivity contribution is 9.10. The smallest absolute Gasteiger partial charge is 0.129 e. The predicted octanol–water partition coefficient (Wildman–Crippen LogP) is 4.42. The molecule has 0 radical (unpaired) electrons. The lowest BCUT2D eigenvalue weighted by atomic mass is 10.1. The molecular formula is C15H17BrN2O. The van der Waals surface area contributed by atoms with E-state index in [4.69, 9.17) is 4.74 Å². The van der Waals surface area contributed by atoms with E-state index in [1.54, 1.807) is 6.20 Å². The van der Waals surface area contributed by atoms with Crippen molar-refractivity contribution in [2.45, 2.75) is 19.9 Å². The van der Waals surface area contributed by atoms with E-state index in [0.29, 0.717) is 6.61 Å². The Labute approximate surface area is 122 Å². The first-order chi connectivity index (χ1) is 9.22. The molecule has 1 atom stereocenters. The van der Waals surface area contributed by atoms with Crippen LogP contribution in [0.25, 0.3) is 0 Å². The van der Waals surface area contributed by atoms with Crippen molar-refractivity contribution in [3.63, 3.8) is 0 Å². The van der Waals surface area contributed by atoms with Gasteiger partial charge in [0.15, 0.2) is 0 Å². The number of aromatic nitrogens is 1. The molecule has 0 aliphatic carbocycles. The van der Waals surface area contributed by atoms with Gasteiger partial charge >= 0.3 is 0 Å². The van der Waals surface area contributed by atoms with Gasteiger partial charge < -0.3 is 10.1 Å². The summed E-state index contributed by atoms with van der Waals surface area (Å²) in [7, 11) is 0. The van der Waals surface area contributed by atoms with Crippen LogP contribution in [0.3, 0.4) is 0 Å². The number of nitrogens with zero attached hydrogens (tertiary/aromatic N) is 1. The average molecular weight is 321 g/mol. The van der Waals surface area contributed by atoms with Crippen molar-refractivity contribution in [3.8, 4) is 5.75 Å². The summed E-state index contributed by atoms with van der Waals surface area (Å²) in [5.41, 5.74) is 2.11. The minimum atomic E-state index is 0.142. The molecule has 19 heavy (non-hydrogen) atoms. The number of hydrogen-bond acceptors (Lipinski definition) is 3. The van der Waals surface area contributed by atoms with E-state index in [0.717, 1.165) is 21.6 Å². The number of hydrogen-bond donors (Lipinski definition) is 1. The lowest BCUT2D eigenvalue weighted by Crippen LogP contribution is -2.09. The summed E-state index contributed by atoms with van der Waals surface area (Å²) in [5.74, 6) is 0.921. The third-order valence-electron chi connectivity index (χ3n) is 2.82. The second kappa shape index (κ2) is 6.57. The molecule has 0 saturated carbocycles. The highest BCUT2D eigenvalue weighted by Gasteiger charge is 2.12. The Morgan fingerprint density at radius 2 is 2.05 bits per heavy atom. The first-order valence-corrected chi connectivity index (χ1v) is 7.10. The second-order valence-corrected chi connectivity index (χ2v) is 4.93. The van der Waals surface area contributed by atoms with Crippen LogP contribution < -0.4 is 10.1 Å². The monoisotopic (exact) mass is 320 g/mol. The van der Waals surface area contributed by atoms with Crippen LogP contribution in [-0.4, -0.2) is 11.6 Å². The first-order valence-electron chi connectivity index (χ1n) is 6.31. The van der Waals surface area contributed by atoms with Crippen molar-refractivity contribution in [3.05, 3.63) is 52.8 Å². The van der Waals surface area contributed by atoms with Crippen molar-refractivity contribution < 1.29 is 4.74 Å². The third kappa shape index (κ3) is 3.47. The molecule has 1 aromatic heterocycles. The Kier molecular flexibility index (Phi) is 4.80. The van der Waals surface area contributed by atoms with Crippen molar-refractivity contribution in [2.75, 3.05) is 11.9 Å². The van der Waals surface area contributed by atoms with Gasteiger partial charge in [0, 0.05) is 11.8 Å². The molecule has 1 unspecified atom stereocenters. The lowest BCUT2D eigenvalue weighted by Gasteiger charge is -2.19. The topological polar surface area (TPSA) is 34.1 Å². The highest BCUT2D eigenvalue weighted by Crippen LogP contribution is 2.29. The second-order valence-electron chi connectivity index (χ2n) is 4.18. The molecule has 2 rings (SSSR count). The van der Waals surface area contributed by atoms with Gasteiger partial charge in [0.1, 0.15) is 10.4 Å². The Bertz CT molecular complexity index is 545. The Morgan fingerprint density at radius 1 is 1.26 bits per heavy atom. The SMILES string of the molecule is CCOc1ccccc1C(C)Nc1cccnc1Br. The number of para-hydroxylation sites is 1. The van der Waals surface area contributed by atoms with Crippen LogP contribution >= 0.6 is 15.9 Å². The minimum Gasteiger partial charge on any atom is -0.494 e. The average Bonchev–Trinajstić information content (AvgIpc) is 2.42. The third-order valence-corrected chi connectivity index (χ3v) is 3.45. The van der Waals surface area contributed by atoms with Gasteiger partial charge in [0.05, 0.1) is 18.3 Å². The summed E-state index contributed by atoms with van der Waals surface area (Å²) >= 11 is 3.44. The van der Waals surface area contributed by atoms with Crippen LogP contribution in [-0.2, 0) is 0 Å². The maximum absolute atomic E-state index is 5.66. The molecule has 0 aliphatic rings. The van der Waals surface area contributed by atoms with E-state index in [1.165, 1.54) is 0 Å². The van der Waals surface area contributed by atoms with Crippen LogP contribution in [0.4, 0.5) is 5.69 Å². The summed E-state index contributed by atoms with van der Waals surface area (Å²) in [4.78, 5) is 4.21. The lowest BCUT2D eigenvalue weighted by molar-refractivity contribution is 0.335. The molecule has 1 N–H and O–H groups in total. The Balaban J connectivity index is 2.20. The summed E-state index contributed by atoms with van der Waals surface area (Å²) in [6.07, 6.45) is 1.76. The van der Waals surface area contributed by atoms with Gasteiger partial charge in [-0.3, -0.25) is 0 Å². The molecule has 0 spiro atoms. The zero-order valence-corrected chi connectivity index (χ0v) is 12.6. The molecule has 2 aromatic rings. The maximum atomic E-state index is 5.66. The molecule has 1 heterocycles. The van der Waals surface area contributed by atoms with Gasteiger partial charge in [-0.2, -0.15) is 0 Å². The number of ether oxygens (including phenoxy) is 1. The molecule has 1 aromatic carbocycles. The van der Waals surface area contributed by atoms with E-state index in [-0.39, 0.29) is 6.04 Å². The largest absolute Gasteiger partial charge is 0.494 e. The van der Waals surface area contributed by atoms with E-state index in [9.17, 15) is 0 Å². The zero-order chi connectivity index (χ0) is 13.7. The summed E-state index contributed by atoms with van der Waals surface area (Å²) < 4.78 is 6.47. The zero-order valence-electron chi connectivity index (χ0n) is 11.1. The number of nitrogens with one attached hydrogen (secondary N) is 1. The normalized spacial score (nSPS) is 11.9. The molecular weight excluding hydrogens is 304 g/mol. The van der Waals surface area contributed by atoms with Crippen molar-refractivity contribution in [1.29, 1.82) is 0 Å². The highest BCUT2D eigenvalue weighted by atomic mass is 79.9. The van der Waals surface area contributed by atoms with Crippen LogP contribution in [0.15, 0.2) is 47.2 Å². The quantitative estimate of drug-likeness (QED) is 0.828. The summed E-state index contributed by atoms with van der Waals surface area (Å²) in [5, 5.41) is 3.44. The van der Waals surface area contributed by atoms with Gasteiger partial charge in [-0.05, 0) is 48.0 Å². The molecule has 4 heteroatoms. The molecule has 0 bridgehead atoms. The van der Waals surface area contributed by atoms with Crippen molar-refractivity contribution >= 4 is 21.6 Å². The van der Waals surface area contributed by atoms with E-state index >= 15 is 0 Å². The fourth-order valence-electron chi connectivity index (χ4n) is 1.93. The first kappa shape index (κ1) is 13.9. The minimum absolute atomic E-state index is 0.142. The van der Waals surface area contributed by atoms with E-state index < -0.39 is 0 Å². The van der Waals surface area contributed by atoms with Crippen molar-refractivity contribution in [1.82, 2.24) is 4.98 Å². The standard InChI is InChI=1S/C15H17BrN2O/c1-3-19-14-9-5-4-7-12(14)11(2)18-13-8-6-10-17-15(13)16/h4-11,18H,3H2,1-2H3. The predicted molar refractivity (Wildman–Crippen MR) is 81.6 cm³/mol. The molecule has 0 saturated heterocycles. The summed E-state index contributed by atoms with van der Waals surface area (Å²) in [6.45, 7) is 4.77. The molecule has 3 nitrogen and oxygen atoms in total. The van der Waals surface area contributed by atoms with Crippen LogP contribution in [0.5, 0.6) is 5.75 Å². The van der Waals surface area contributed by atoms with Gasteiger partial charge in [0.25, 0.3) is 0 Å². The van der Waals surface area contributed by atoms with Gasteiger partial charge in [-0.1, -0.05) is 18.2 Å². The van der Waals surface area contributed by atoms with Crippen LogP contribution in [0, 0.1) is 0 Å². The van der Waals surface area contributed by atoms with E-state index in [2.05, 4.69) is 39.2 Å². The fourth-order valence-corrected chi connectivity index (χ4v) is 2.29. The van der Waals surface area contributed by atoms with Gasteiger partial charge in [-0.15, -0.1) is 0 Å². The number of benzene rings is 1. The summed E-state index contributed by atoms with van der Waals surface area (Å²) in [6, 6.07) is 12.1. The Hall–Kier alpha value is -1.55. The van der Waals surface area contributed by atoms with Crippen LogP contribution in [0.1, 0.15) is 25.5 Å². The molecule has 0 amide bonds. The molecule has 0 fully saturated rings. The number of pyridine rings is 1. The maximum Gasteiger partial charge on any atom is 0.129 e. The van der Waals surface area contributed by atoms with Gasteiger partial charge in [-0.25, -0.2) is 4.98 Å². The molecule has 100 valence electrons. The fraction of sp³-hybridized carbons (Fsp3) is 0.267. The van der Waals surface area contributed by atoms with Crippen molar-refractivity contribution in [2.24, 2.45) is 0 Å². The number of anilines is 1.